The van der Waals surface area contributed by atoms with Gasteiger partial charge in [-0.25, -0.2) is 9.37 Å². The maximum atomic E-state index is 16.2. The molecule has 0 spiro atoms. The van der Waals surface area contributed by atoms with Crippen LogP contribution in [0.5, 0.6) is 5.88 Å². The van der Waals surface area contributed by atoms with Crippen molar-refractivity contribution in [3.8, 4) is 23.1 Å². The zero-order valence-electron chi connectivity index (χ0n) is 24.7. The first kappa shape index (κ1) is 27.8. The number of carbonyl (C=O) groups is 1. The number of aromatic nitrogens is 2. The van der Waals surface area contributed by atoms with E-state index >= 15 is 4.39 Å². The number of amides is 1. The molecule has 2 aromatic heterocycles. The van der Waals surface area contributed by atoms with Crippen molar-refractivity contribution in [2.24, 2.45) is 0 Å². The Kier molecular flexibility index (Phi) is 7.26. The largest absolute Gasteiger partial charge is 0.476 e. The number of benzene rings is 1. The minimum Gasteiger partial charge on any atom is -0.476 e. The molecule has 3 aliphatic heterocycles. The maximum absolute atomic E-state index is 16.2. The molecule has 1 aromatic carbocycles. The second-order valence-corrected chi connectivity index (χ2v) is 12.4. The number of likely N-dealkylation sites (tertiary alicyclic amines) is 2. The predicted molar refractivity (Wildman–Crippen MR) is 163 cm³/mol. The second-order valence-electron chi connectivity index (χ2n) is 12.4. The van der Waals surface area contributed by atoms with E-state index in [-0.39, 0.29) is 36.3 Å². The molecule has 0 N–H and O–H groups in total. The number of hydrogen-bond donors (Lipinski definition) is 0. The topological polar surface area (TPSA) is 85.6 Å². The lowest BCUT2D eigenvalue weighted by Gasteiger charge is -2.49. The van der Waals surface area contributed by atoms with Crippen LogP contribution in [-0.2, 0) is 24.1 Å². The van der Waals surface area contributed by atoms with Gasteiger partial charge in [0.25, 0.3) is 0 Å². The van der Waals surface area contributed by atoms with Crippen LogP contribution < -0.4 is 9.64 Å². The van der Waals surface area contributed by atoms with Crippen molar-refractivity contribution in [3.63, 3.8) is 0 Å². The van der Waals surface area contributed by atoms with E-state index in [0.717, 1.165) is 62.7 Å². The SMILES string of the molecule is C=CC(=O)N1CC[C@@H]2[C@H]1CN2c1c(CC#N)c(OC[C@@H]2CCCN2C)nc2cc(-c3cncc4c3CCCC4)c(F)cc12. The first-order valence-electron chi connectivity index (χ1n) is 15.5. The van der Waals surface area contributed by atoms with Crippen molar-refractivity contribution >= 4 is 22.5 Å². The summed E-state index contributed by atoms with van der Waals surface area (Å²) in [5, 5.41) is 10.6. The number of halogens is 1. The minimum atomic E-state index is -0.326. The van der Waals surface area contributed by atoms with Gasteiger partial charge in [-0.3, -0.25) is 9.78 Å². The molecule has 3 atom stereocenters. The number of fused-ring (bicyclic) bond motifs is 3. The van der Waals surface area contributed by atoms with Crippen LogP contribution in [0.1, 0.15) is 48.8 Å². The molecule has 1 amide bonds. The number of nitrogens with zero attached hydrogens (tertiary/aromatic N) is 6. The van der Waals surface area contributed by atoms with E-state index in [1.807, 2.05) is 17.2 Å². The number of anilines is 1. The quantitative estimate of drug-likeness (QED) is 0.370. The molecule has 5 heterocycles. The lowest BCUT2D eigenvalue weighted by molar-refractivity contribution is -0.127. The van der Waals surface area contributed by atoms with Gasteiger partial charge < -0.3 is 19.4 Å². The molecule has 4 aliphatic rings. The highest BCUT2D eigenvalue weighted by molar-refractivity contribution is 5.98. The molecule has 3 aromatic rings. The van der Waals surface area contributed by atoms with Crippen LogP contribution in [0.15, 0.2) is 37.2 Å². The van der Waals surface area contributed by atoms with E-state index in [1.165, 1.54) is 17.2 Å². The average molecular weight is 581 g/mol. The molecule has 3 saturated heterocycles. The summed E-state index contributed by atoms with van der Waals surface area (Å²) in [6, 6.07) is 6.15. The zero-order chi connectivity index (χ0) is 29.7. The number of rotatable bonds is 7. The highest BCUT2D eigenvalue weighted by atomic mass is 19.1. The molecule has 0 bridgehead atoms. The molecule has 222 valence electrons. The summed E-state index contributed by atoms with van der Waals surface area (Å²) in [5.41, 5.74) is 5.81. The monoisotopic (exact) mass is 580 g/mol. The number of ether oxygens (including phenoxy) is 1. The summed E-state index contributed by atoms with van der Waals surface area (Å²) in [6.07, 6.45) is 12.2. The lowest BCUT2D eigenvalue weighted by Crippen LogP contribution is -2.63. The Labute approximate surface area is 251 Å². The summed E-state index contributed by atoms with van der Waals surface area (Å²) in [5.74, 6) is 0.0483. The van der Waals surface area contributed by atoms with Crippen LogP contribution in [0.25, 0.3) is 22.0 Å². The van der Waals surface area contributed by atoms with Crippen molar-refractivity contribution in [2.75, 3.05) is 38.2 Å². The maximum Gasteiger partial charge on any atom is 0.246 e. The third-order valence-electron chi connectivity index (χ3n) is 10.0. The van der Waals surface area contributed by atoms with Gasteiger partial charge in [-0.15, -0.1) is 0 Å². The Bertz CT molecular complexity index is 1650. The summed E-state index contributed by atoms with van der Waals surface area (Å²) < 4.78 is 22.6. The van der Waals surface area contributed by atoms with Gasteiger partial charge in [0, 0.05) is 48.0 Å². The summed E-state index contributed by atoms with van der Waals surface area (Å²) in [7, 11) is 2.11. The molecule has 7 rings (SSSR count). The Morgan fingerprint density at radius 1 is 1.16 bits per heavy atom. The molecule has 9 heteroatoms. The molecule has 8 nitrogen and oxygen atoms in total. The Morgan fingerprint density at radius 2 is 2.02 bits per heavy atom. The van der Waals surface area contributed by atoms with E-state index in [2.05, 4.69) is 34.5 Å². The Balaban J connectivity index is 1.36. The van der Waals surface area contributed by atoms with Crippen LogP contribution in [-0.4, -0.2) is 77.1 Å². The fraction of sp³-hybridized carbons (Fsp3) is 0.471. The van der Waals surface area contributed by atoms with Gasteiger partial charge in [0.15, 0.2) is 0 Å². The molecule has 0 unspecified atom stereocenters. The van der Waals surface area contributed by atoms with Crippen molar-refractivity contribution in [1.82, 2.24) is 19.8 Å². The van der Waals surface area contributed by atoms with Crippen molar-refractivity contribution in [1.29, 1.82) is 5.26 Å². The first-order valence-corrected chi connectivity index (χ1v) is 15.5. The van der Waals surface area contributed by atoms with Crippen molar-refractivity contribution in [3.05, 3.63) is 59.7 Å². The number of pyridine rings is 2. The normalized spacial score (nSPS) is 23.0. The van der Waals surface area contributed by atoms with Gasteiger partial charge in [-0.1, -0.05) is 6.58 Å². The molecular formula is C34H37FN6O2. The van der Waals surface area contributed by atoms with E-state index in [9.17, 15) is 10.1 Å². The van der Waals surface area contributed by atoms with Gasteiger partial charge >= 0.3 is 0 Å². The molecule has 1 aliphatic carbocycles. The predicted octanol–water partition coefficient (Wildman–Crippen LogP) is 4.83. The van der Waals surface area contributed by atoms with Crippen LogP contribution in [0.3, 0.4) is 0 Å². The molecule has 0 saturated carbocycles. The first-order chi connectivity index (χ1) is 21.0. The number of nitriles is 1. The van der Waals surface area contributed by atoms with Gasteiger partial charge in [0.05, 0.1) is 41.3 Å². The lowest BCUT2D eigenvalue weighted by atomic mass is 9.87. The summed E-state index contributed by atoms with van der Waals surface area (Å²) >= 11 is 0. The Hall–Kier alpha value is -4.03. The molecular weight excluding hydrogens is 543 g/mol. The van der Waals surface area contributed by atoms with Gasteiger partial charge in [0.2, 0.25) is 11.8 Å². The molecule has 3 fully saturated rings. The fourth-order valence-corrected chi connectivity index (χ4v) is 7.70. The van der Waals surface area contributed by atoms with E-state index in [1.54, 1.807) is 12.3 Å². The third-order valence-corrected chi connectivity index (χ3v) is 10.0. The summed E-state index contributed by atoms with van der Waals surface area (Å²) in [4.78, 5) is 28.3. The highest BCUT2D eigenvalue weighted by Crippen LogP contribution is 2.45. The van der Waals surface area contributed by atoms with Gasteiger partial charge in [-0.05, 0) is 87.9 Å². The van der Waals surface area contributed by atoms with Crippen LogP contribution in [0.4, 0.5) is 10.1 Å². The molecule has 0 radical (unpaired) electrons. The zero-order valence-corrected chi connectivity index (χ0v) is 24.7. The van der Waals surface area contributed by atoms with E-state index < -0.39 is 0 Å². The van der Waals surface area contributed by atoms with Crippen molar-refractivity contribution < 1.29 is 13.9 Å². The average Bonchev–Trinajstić information content (AvgIpc) is 3.58. The van der Waals surface area contributed by atoms with Gasteiger partial charge in [0.1, 0.15) is 12.4 Å². The highest BCUT2D eigenvalue weighted by Gasteiger charge is 2.49. The summed E-state index contributed by atoms with van der Waals surface area (Å²) in [6.45, 7) is 6.43. The fourth-order valence-electron chi connectivity index (χ4n) is 7.70. The smallest absolute Gasteiger partial charge is 0.246 e. The number of carbonyl (C=O) groups excluding carboxylic acids is 1. The van der Waals surface area contributed by atoms with Crippen molar-refractivity contribution in [2.45, 2.75) is 69.5 Å². The molecule has 43 heavy (non-hydrogen) atoms. The minimum absolute atomic E-state index is 0.0613. The number of likely N-dealkylation sites (N-methyl/N-ethyl adjacent to an activating group) is 1. The third kappa shape index (κ3) is 4.72. The number of aryl methyl sites for hydroxylation is 1. The van der Waals surface area contributed by atoms with Crippen LogP contribution in [0, 0.1) is 17.1 Å². The van der Waals surface area contributed by atoms with Gasteiger partial charge in [-0.2, -0.15) is 5.26 Å². The second kappa shape index (κ2) is 11.2. The van der Waals surface area contributed by atoms with E-state index in [0.29, 0.717) is 47.6 Å². The standard InChI is InChI=1S/C34H37FN6O2/c1-3-32(42)40-14-11-30-31(40)19-41(30)33-24(10-12-36)34(43-20-22-8-6-13-39(22)2)38-29-16-25(28(35)15-26(29)33)27-18-37-17-21-7-4-5-9-23(21)27/h3,15-18,22,30-31H,1,4-11,13-14,19-20H2,2H3/t22-,30+,31+/m0/s1. The van der Waals surface area contributed by atoms with E-state index in [4.69, 9.17) is 9.72 Å². The Morgan fingerprint density at radius 3 is 2.81 bits per heavy atom. The van der Waals surface area contributed by atoms with Crippen LogP contribution >= 0.6 is 0 Å². The van der Waals surface area contributed by atoms with Crippen LogP contribution in [0.2, 0.25) is 0 Å². The number of hydrogen-bond acceptors (Lipinski definition) is 7.